The molecule has 0 amide bonds. The summed E-state index contributed by atoms with van der Waals surface area (Å²) in [5.41, 5.74) is 6.15. The lowest BCUT2D eigenvalue weighted by Crippen LogP contribution is -2.29. The number of benzene rings is 1. The topological polar surface area (TPSA) is 106 Å². The third kappa shape index (κ3) is 3.90. The average Bonchev–Trinajstić information content (AvgIpc) is 3.01. The second kappa shape index (κ2) is 7.01. The quantitative estimate of drug-likeness (QED) is 0.715. The lowest BCUT2D eigenvalue weighted by molar-refractivity contribution is -0.139. The van der Waals surface area contributed by atoms with Gasteiger partial charge in [0.25, 0.3) is 0 Å². The van der Waals surface area contributed by atoms with E-state index in [1.807, 2.05) is 18.2 Å². The lowest BCUT2D eigenvalue weighted by atomic mass is 10.2. The van der Waals surface area contributed by atoms with Gasteiger partial charge in [-0.3, -0.25) is 4.79 Å². The van der Waals surface area contributed by atoms with Gasteiger partial charge in [0.2, 0.25) is 0 Å². The van der Waals surface area contributed by atoms with Gasteiger partial charge < -0.3 is 20.6 Å². The minimum Gasteiger partial charge on any atom is -0.480 e. The maximum Gasteiger partial charge on any atom is 0.340 e. The van der Waals surface area contributed by atoms with Crippen LogP contribution in [-0.4, -0.2) is 23.7 Å². The molecule has 0 bridgehead atoms. The largest absolute Gasteiger partial charge is 0.480 e. The first kappa shape index (κ1) is 15.2. The highest BCUT2D eigenvalue weighted by Gasteiger charge is 2.20. The van der Waals surface area contributed by atoms with Gasteiger partial charge in [-0.25, -0.2) is 4.79 Å². The molecule has 2 aromatic rings. The van der Waals surface area contributed by atoms with Gasteiger partial charge in [-0.05, 0) is 31.5 Å². The van der Waals surface area contributed by atoms with E-state index in [1.54, 1.807) is 12.1 Å². The summed E-state index contributed by atoms with van der Waals surface area (Å²) < 4.78 is 5.05. The standard InChI is InChI=1S/C10H9NO2.C5H9NO2/c11-6-8-5-7-3-1-2-4-9(7)13-10(8)12;7-5(8)4-2-1-3-6-4/h1-5H,6,11H2;4,6H,1-3H2,(H,7,8)/t;4-/m.0/s1. The summed E-state index contributed by atoms with van der Waals surface area (Å²) in [7, 11) is 0. The number of para-hydroxylation sites is 1. The SMILES string of the molecule is NCc1cc2ccccc2oc1=O.O=C(O)[C@@H]1CCCN1. The van der Waals surface area contributed by atoms with Crippen LogP contribution in [-0.2, 0) is 11.3 Å². The number of nitrogens with two attached hydrogens (primary N) is 1. The number of hydrogen-bond donors (Lipinski definition) is 3. The van der Waals surface area contributed by atoms with Crippen molar-refractivity contribution in [2.75, 3.05) is 6.54 Å². The Morgan fingerprint density at radius 1 is 1.43 bits per heavy atom. The normalized spacial score (nSPS) is 17.3. The number of rotatable bonds is 2. The van der Waals surface area contributed by atoms with Gasteiger partial charge in [0, 0.05) is 11.9 Å². The fourth-order valence-corrected chi connectivity index (χ4v) is 2.14. The molecule has 2 heterocycles. The molecule has 1 atom stereocenters. The predicted octanol–water partition coefficient (Wildman–Crippen LogP) is 1.07. The molecule has 6 nitrogen and oxygen atoms in total. The van der Waals surface area contributed by atoms with Gasteiger partial charge in [0.1, 0.15) is 11.6 Å². The second-order valence-corrected chi connectivity index (χ2v) is 4.79. The molecule has 0 aliphatic carbocycles. The Morgan fingerprint density at radius 3 is 2.76 bits per heavy atom. The molecule has 0 spiro atoms. The van der Waals surface area contributed by atoms with Crippen molar-refractivity contribution in [3.8, 4) is 0 Å². The van der Waals surface area contributed by atoms with E-state index in [0.717, 1.165) is 24.8 Å². The van der Waals surface area contributed by atoms with E-state index >= 15 is 0 Å². The second-order valence-electron chi connectivity index (χ2n) is 4.79. The van der Waals surface area contributed by atoms with Crippen LogP contribution in [0.1, 0.15) is 18.4 Å². The molecule has 1 saturated heterocycles. The van der Waals surface area contributed by atoms with Crippen molar-refractivity contribution in [2.45, 2.75) is 25.4 Å². The van der Waals surface area contributed by atoms with Crippen LogP contribution < -0.4 is 16.7 Å². The van der Waals surface area contributed by atoms with Gasteiger partial charge in [-0.1, -0.05) is 18.2 Å². The first-order chi connectivity index (χ1) is 10.1. The summed E-state index contributed by atoms with van der Waals surface area (Å²) in [6, 6.07) is 8.86. The maximum absolute atomic E-state index is 11.2. The van der Waals surface area contributed by atoms with Gasteiger partial charge in [-0.15, -0.1) is 0 Å². The van der Waals surface area contributed by atoms with Crippen LogP contribution in [0.2, 0.25) is 0 Å². The number of hydrogen-bond acceptors (Lipinski definition) is 5. The van der Waals surface area contributed by atoms with Crippen LogP contribution in [0.25, 0.3) is 11.0 Å². The summed E-state index contributed by atoms with van der Waals surface area (Å²) in [6.07, 6.45) is 1.78. The molecule has 4 N–H and O–H groups in total. The van der Waals surface area contributed by atoms with Crippen molar-refractivity contribution in [3.05, 3.63) is 46.3 Å². The van der Waals surface area contributed by atoms with Gasteiger partial charge in [0.15, 0.2) is 0 Å². The molecule has 1 aliphatic rings. The van der Waals surface area contributed by atoms with Crippen molar-refractivity contribution in [1.82, 2.24) is 5.32 Å². The highest BCUT2D eigenvalue weighted by Crippen LogP contribution is 2.11. The van der Waals surface area contributed by atoms with Crippen LogP contribution in [0.15, 0.2) is 39.5 Å². The van der Waals surface area contributed by atoms with Crippen LogP contribution in [0.5, 0.6) is 0 Å². The lowest BCUT2D eigenvalue weighted by Gasteiger charge is -1.99. The smallest absolute Gasteiger partial charge is 0.340 e. The summed E-state index contributed by atoms with van der Waals surface area (Å²) in [5, 5.41) is 12.1. The molecule has 6 heteroatoms. The molecule has 1 aromatic carbocycles. The molecular formula is C15H18N2O4. The maximum atomic E-state index is 11.2. The van der Waals surface area contributed by atoms with Crippen molar-refractivity contribution >= 4 is 16.9 Å². The van der Waals surface area contributed by atoms with E-state index in [-0.39, 0.29) is 18.2 Å². The first-order valence-electron chi connectivity index (χ1n) is 6.80. The monoisotopic (exact) mass is 290 g/mol. The summed E-state index contributed by atoms with van der Waals surface area (Å²) in [6.45, 7) is 1.07. The molecule has 21 heavy (non-hydrogen) atoms. The number of fused-ring (bicyclic) bond motifs is 1. The minimum atomic E-state index is -0.720. The summed E-state index contributed by atoms with van der Waals surface area (Å²) >= 11 is 0. The average molecular weight is 290 g/mol. The number of carboxylic acid groups (broad SMARTS) is 1. The third-order valence-corrected chi connectivity index (χ3v) is 3.29. The van der Waals surface area contributed by atoms with E-state index < -0.39 is 5.97 Å². The fourth-order valence-electron chi connectivity index (χ4n) is 2.14. The Hall–Kier alpha value is -2.18. The van der Waals surface area contributed by atoms with Crippen molar-refractivity contribution in [3.63, 3.8) is 0 Å². The van der Waals surface area contributed by atoms with Gasteiger partial charge >= 0.3 is 11.6 Å². The molecule has 0 unspecified atom stereocenters. The van der Waals surface area contributed by atoms with Crippen molar-refractivity contribution in [2.24, 2.45) is 5.73 Å². The highest BCUT2D eigenvalue weighted by molar-refractivity contribution is 5.76. The Bertz CT molecular complexity index is 675. The van der Waals surface area contributed by atoms with E-state index in [0.29, 0.717) is 11.1 Å². The van der Waals surface area contributed by atoms with Crippen molar-refractivity contribution < 1.29 is 14.3 Å². The molecule has 1 aromatic heterocycles. The van der Waals surface area contributed by atoms with E-state index in [1.165, 1.54) is 0 Å². The molecule has 0 radical (unpaired) electrons. The fraction of sp³-hybridized carbons (Fsp3) is 0.333. The van der Waals surface area contributed by atoms with Crippen LogP contribution in [0, 0.1) is 0 Å². The van der Waals surface area contributed by atoms with Crippen LogP contribution >= 0.6 is 0 Å². The van der Waals surface area contributed by atoms with Gasteiger partial charge in [0.05, 0.1) is 5.56 Å². The zero-order chi connectivity index (χ0) is 15.2. The van der Waals surface area contributed by atoms with Crippen LogP contribution in [0.3, 0.4) is 0 Å². The molecule has 3 rings (SSSR count). The zero-order valence-corrected chi connectivity index (χ0v) is 11.5. The predicted molar refractivity (Wildman–Crippen MR) is 79.0 cm³/mol. The first-order valence-corrected chi connectivity index (χ1v) is 6.80. The molecule has 1 fully saturated rings. The van der Waals surface area contributed by atoms with Gasteiger partial charge in [-0.2, -0.15) is 0 Å². The Labute approximate surface area is 121 Å². The molecular weight excluding hydrogens is 272 g/mol. The number of carbonyl (C=O) groups is 1. The zero-order valence-electron chi connectivity index (χ0n) is 11.5. The highest BCUT2D eigenvalue weighted by atomic mass is 16.4. The molecule has 0 saturated carbocycles. The Kier molecular flexibility index (Phi) is 5.08. The number of carboxylic acids is 1. The van der Waals surface area contributed by atoms with E-state index in [4.69, 9.17) is 15.3 Å². The van der Waals surface area contributed by atoms with Crippen LogP contribution in [0.4, 0.5) is 0 Å². The number of nitrogens with one attached hydrogen (secondary N) is 1. The molecule has 1 aliphatic heterocycles. The van der Waals surface area contributed by atoms with Crippen molar-refractivity contribution in [1.29, 1.82) is 0 Å². The third-order valence-electron chi connectivity index (χ3n) is 3.29. The Morgan fingerprint density at radius 2 is 2.19 bits per heavy atom. The summed E-state index contributed by atoms with van der Waals surface area (Å²) in [4.78, 5) is 21.4. The minimum absolute atomic E-state index is 0.215. The van der Waals surface area contributed by atoms with E-state index in [2.05, 4.69) is 5.32 Å². The number of aliphatic carboxylic acids is 1. The Balaban J connectivity index is 0.000000173. The summed E-state index contributed by atoms with van der Waals surface area (Å²) in [5.74, 6) is -0.720. The van der Waals surface area contributed by atoms with E-state index in [9.17, 15) is 9.59 Å². The molecule has 112 valence electrons.